The summed E-state index contributed by atoms with van der Waals surface area (Å²) in [5.74, 6) is -0.225. The van der Waals surface area contributed by atoms with E-state index in [1.807, 2.05) is 59.0 Å². The average Bonchev–Trinajstić information content (AvgIpc) is 2.84. The number of carbonyl (C=O) groups is 3. The second-order valence-electron chi connectivity index (χ2n) is 11.4. The van der Waals surface area contributed by atoms with E-state index in [1.165, 1.54) is 7.11 Å². The lowest BCUT2D eigenvalue weighted by Crippen LogP contribution is -2.51. The number of aliphatic hydroxyl groups is 1. The molecule has 1 aromatic carbocycles. The predicted octanol–water partition coefficient (Wildman–Crippen LogP) is 2.39. The number of para-hydroxylation sites is 1. The van der Waals surface area contributed by atoms with Crippen LogP contribution in [0.5, 0.6) is 0 Å². The van der Waals surface area contributed by atoms with Crippen molar-refractivity contribution in [2.75, 3.05) is 38.7 Å². The minimum absolute atomic E-state index is 0. The molecule has 12 heteroatoms. The number of carbonyl (C=O) groups excluding carboxylic acids is 3. The molecule has 1 heterocycles. The normalized spacial score (nSPS) is 16.5. The third-order valence-corrected chi connectivity index (χ3v) is 6.96. The maximum absolute atomic E-state index is 13.5. The van der Waals surface area contributed by atoms with E-state index in [4.69, 9.17) is 10.5 Å². The topological polar surface area (TPSA) is 146 Å². The number of anilines is 1. The fourth-order valence-corrected chi connectivity index (χ4v) is 4.64. The van der Waals surface area contributed by atoms with E-state index >= 15 is 0 Å². The van der Waals surface area contributed by atoms with Crippen molar-refractivity contribution in [3.63, 3.8) is 0 Å². The Hall–Kier alpha value is -2.11. The van der Waals surface area contributed by atoms with Gasteiger partial charge in [0.25, 0.3) is 0 Å². The number of nitrogens with one attached hydrogen (secondary N) is 3. The number of hydrogen-bond acceptors (Lipinski definition) is 7. The number of nitrogens with zero attached hydrogens (tertiary/aromatic N) is 1. The molecular formula is C27H47Cl2N5O5. The molecule has 1 aromatic rings. The Morgan fingerprint density at radius 2 is 1.82 bits per heavy atom. The summed E-state index contributed by atoms with van der Waals surface area (Å²) >= 11 is 0. The summed E-state index contributed by atoms with van der Waals surface area (Å²) in [6.45, 7) is 8.72. The molecule has 0 saturated carbocycles. The Morgan fingerprint density at radius 1 is 1.18 bits per heavy atom. The van der Waals surface area contributed by atoms with Gasteiger partial charge in [0.15, 0.2) is 0 Å². The summed E-state index contributed by atoms with van der Waals surface area (Å²) in [7, 11) is 3.15. The third kappa shape index (κ3) is 11.1. The predicted molar refractivity (Wildman–Crippen MR) is 159 cm³/mol. The van der Waals surface area contributed by atoms with Crippen LogP contribution in [0.15, 0.2) is 24.3 Å². The second-order valence-corrected chi connectivity index (χ2v) is 11.4. The molecule has 1 aliphatic heterocycles. The highest BCUT2D eigenvalue weighted by molar-refractivity contribution is 5.95. The number of hydrogen-bond donors (Lipinski definition) is 5. The van der Waals surface area contributed by atoms with Crippen LogP contribution < -0.4 is 26.6 Å². The molecule has 3 amide bonds. The first-order valence-corrected chi connectivity index (χ1v) is 12.9. The molecule has 0 aliphatic carbocycles. The Bertz CT molecular complexity index is 947. The van der Waals surface area contributed by atoms with E-state index in [9.17, 15) is 19.5 Å². The van der Waals surface area contributed by atoms with Gasteiger partial charge in [-0.15, -0.1) is 24.8 Å². The quantitative estimate of drug-likeness (QED) is 0.251. The van der Waals surface area contributed by atoms with Crippen LogP contribution in [0.4, 0.5) is 10.5 Å². The SMILES string of the molecule is CNCCC(C)(C)C(=O)NC[C@H](O)[C@@H](N)CC(C)(C)CC(=O)N1CC(NC(=O)OC)Cc2ccccc21.Cl.Cl. The summed E-state index contributed by atoms with van der Waals surface area (Å²) in [5.41, 5.74) is 7.04. The lowest BCUT2D eigenvalue weighted by molar-refractivity contribution is -0.130. The number of rotatable bonds is 12. The van der Waals surface area contributed by atoms with Gasteiger partial charge in [0.05, 0.1) is 19.3 Å². The number of methoxy groups -OCH3 is 1. The smallest absolute Gasteiger partial charge is 0.407 e. The summed E-state index contributed by atoms with van der Waals surface area (Å²) in [6, 6.07) is 6.77. The van der Waals surface area contributed by atoms with Crippen molar-refractivity contribution >= 4 is 48.4 Å². The zero-order chi connectivity index (χ0) is 27.8. The molecule has 10 nitrogen and oxygen atoms in total. The molecule has 39 heavy (non-hydrogen) atoms. The monoisotopic (exact) mass is 591 g/mol. The number of nitrogens with two attached hydrogens (primary N) is 1. The van der Waals surface area contributed by atoms with E-state index in [0.29, 0.717) is 32.4 Å². The maximum Gasteiger partial charge on any atom is 0.407 e. The number of ether oxygens (including phenoxy) is 1. The number of aliphatic hydroxyl groups excluding tert-OH is 1. The van der Waals surface area contributed by atoms with Crippen LogP contribution in [0.25, 0.3) is 0 Å². The van der Waals surface area contributed by atoms with E-state index in [2.05, 4.69) is 16.0 Å². The lowest BCUT2D eigenvalue weighted by Gasteiger charge is -2.37. The minimum Gasteiger partial charge on any atom is -0.453 e. The van der Waals surface area contributed by atoms with Crippen molar-refractivity contribution in [3.05, 3.63) is 29.8 Å². The Morgan fingerprint density at radius 3 is 2.44 bits per heavy atom. The van der Waals surface area contributed by atoms with Crippen molar-refractivity contribution in [2.24, 2.45) is 16.6 Å². The molecular weight excluding hydrogens is 545 g/mol. The van der Waals surface area contributed by atoms with Gasteiger partial charge in [0, 0.05) is 36.7 Å². The van der Waals surface area contributed by atoms with Crippen molar-refractivity contribution < 1.29 is 24.2 Å². The van der Waals surface area contributed by atoms with Crippen LogP contribution >= 0.6 is 24.8 Å². The first-order valence-electron chi connectivity index (χ1n) is 12.9. The Balaban J connectivity index is 0.00000722. The number of alkyl carbamates (subject to hydrolysis) is 1. The summed E-state index contributed by atoms with van der Waals surface area (Å²) in [5, 5.41) is 19.3. The van der Waals surface area contributed by atoms with E-state index in [0.717, 1.165) is 11.3 Å². The van der Waals surface area contributed by atoms with E-state index in [1.54, 1.807) is 4.90 Å². The Labute approximate surface area is 245 Å². The first-order chi connectivity index (χ1) is 17.3. The zero-order valence-electron chi connectivity index (χ0n) is 23.9. The van der Waals surface area contributed by atoms with Gasteiger partial charge in [-0.3, -0.25) is 9.59 Å². The van der Waals surface area contributed by atoms with Crippen LogP contribution in [0.1, 0.15) is 52.5 Å². The molecule has 0 fully saturated rings. The first kappa shape index (κ1) is 36.9. The highest BCUT2D eigenvalue weighted by atomic mass is 35.5. The summed E-state index contributed by atoms with van der Waals surface area (Å²) in [6.07, 6.45) is 0.390. The molecule has 0 saturated heterocycles. The fraction of sp³-hybridized carbons (Fsp3) is 0.667. The van der Waals surface area contributed by atoms with E-state index in [-0.39, 0.29) is 55.6 Å². The Kier molecular flexibility index (Phi) is 15.3. The van der Waals surface area contributed by atoms with Crippen molar-refractivity contribution in [1.82, 2.24) is 16.0 Å². The molecule has 1 unspecified atom stereocenters. The van der Waals surface area contributed by atoms with Gasteiger partial charge >= 0.3 is 6.09 Å². The molecule has 224 valence electrons. The van der Waals surface area contributed by atoms with Crippen molar-refractivity contribution in [2.45, 2.75) is 71.6 Å². The van der Waals surface area contributed by atoms with Crippen LogP contribution in [0.3, 0.4) is 0 Å². The molecule has 0 spiro atoms. The van der Waals surface area contributed by atoms with Crippen LogP contribution in [-0.2, 0) is 20.7 Å². The highest BCUT2D eigenvalue weighted by Crippen LogP contribution is 2.32. The summed E-state index contributed by atoms with van der Waals surface area (Å²) < 4.78 is 4.73. The van der Waals surface area contributed by atoms with Crippen LogP contribution in [-0.4, -0.2) is 75.0 Å². The van der Waals surface area contributed by atoms with Crippen molar-refractivity contribution in [3.8, 4) is 0 Å². The van der Waals surface area contributed by atoms with Gasteiger partial charge in [0.2, 0.25) is 11.8 Å². The standard InChI is InChI=1S/C27H45N5O5.2ClH/c1-26(2,14-20(28)22(33)16-30-24(35)27(3,4)11-12-29-5)15-23(34)32-17-19(31-25(36)37-6)13-18-9-7-8-10-21(18)32;;/h7-10,19-20,22,29,33H,11-17,28H2,1-6H3,(H,30,35)(H,31,36);2*1H/t19?,20-,22-;;/m0../s1. The second kappa shape index (κ2) is 16.2. The number of halogens is 2. The molecule has 0 bridgehead atoms. The van der Waals surface area contributed by atoms with Gasteiger partial charge in [-0.25, -0.2) is 4.79 Å². The zero-order valence-corrected chi connectivity index (χ0v) is 25.5. The molecule has 3 atom stereocenters. The largest absolute Gasteiger partial charge is 0.453 e. The van der Waals surface area contributed by atoms with Crippen LogP contribution in [0.2, 0.25) is 0 Å². The molecule has 0 aromatic heterocycles. The fourth-order valence-electron chi connectivity index (χ4n) is 4.64. The molecule has 1 aliphatic rings. The van der Waals surface area contributed by atoms with Crippen LogP contribution in [0, 0.1) is 10.8 Å². The number of fused-ring (bicyclic) bond motifs is 1. The lowest BCUT2D eigenvalue weighted by atomic mass is 9.80. The third-order valence-electron chi connectivity index (χ3n) is 6.96. The van der Waals surface area contributed by atoms with Crippen molar-refractivity contribution in [1.29, 1.82) is 0 Å². The average molecular weight is 593 g/mol. The van der Waals surface area contributed by atoms with Gasteiger partial charge in [-0.1, -0.05) is 45.9 Å². The molecule has 0 radical (unpaired) electrons. The van der Waals surface area contributed by atoms with Gasteiger partial charge in [-0.2, -0.15) is 0 Å². The summed E-state index contributed by atoms with van der Waals surface area (Å²) in [4.78, 5) is 39.5. The number of benzene rings is 1. The molecule has 2 rings (SSSR count). The molecule has 6 N–H and O–H groups in total. The van der Waals surface area contributed by atoms with E-state index < -0.39 is 29.1 Å². The van der Waals surface area contributed by atoms with Gasteiger partial charge in [0.1, 0.15) is 0 Å². The van der Waals surface area contributed by atoms with Gasteiger partial charge < -0.3 is 36.4 Å². The maximum atomic E-state index is 13.5. The minimum atomic E-state index is -0.942. The highest BCUT2D eigenvalue weighted by Gasteiger charge is 2.34. The number of amides is 3. The van der Waals surface area contributed by atoms with Gasteiger partial charge in [-0.05, 0) is 49.9 Å².